The van der Waals surface area contributed by atoms with Crippen LogP contribution >= 0.6 is 0 Å². The van der Waals surface area contributed by atoms with Crippen molar-refractivity contribution in [3.8, 4) is 11.9 Å². The molecule has 0 bridgehead atoms. The molecule has 7 nitrogen and oxygen atoms in total. The van der Waals surface area contributed by atoms with Crippen LogP contribution in [0, 0.1) is 23.2 Å². The predicted molar refractivity (Wildman–Crippen MR) is 120 cm³/mol. The molecule has 0 spiro atoms. The first-order valence-corrected chi connectivity index (χ1v) is 10.8. The summed E-state index contributed by atoms with van der Waals surface area (Å²) < 4.78 is 1.64. The Kier molecular flexibility index (Phi) is 5.23. The lowest BCUT2D eigenvalue weighted by Crippen LogP contribution is -2.26. The van der Waals surface area contributed by atoms with Crippen LogP contribution in [0.4, 0.5) is 0 Å². The number of fused-ring (bicyclic) bond motifs is 2. The van der Waals surface area contributed by atoms with Crippen molar-refractivity contribution in [1.82, 2.24) is 24.8 Å². The minimum Gasteiger partial charge on any atom is -0.346 e. The summed E-state index contributed by atoms with van der Waals surface area (Å²) in [5, 5.41) is 14.7. The molecule has 0 amide bonds. The molecule has 2 N–H and O–H groups in total. The largest absolute Gasteiger partial charge is 0.346 e. The van der Waals surface area contributed by atoms with Crippen LogP contribution < -0.4 is 10.9 Å². The van der Waals surface area contributed by atoms with Crippen molar-refractivity contribution in [2.45, 2.75) is 32.2 Å². The Balaban J connectivity index is 1.41. The monoisotopic (exact) mass is 412 g/mol. The number of nitrogens with zero attached hydrogens (tertiary/aromatic N) is 4. The molecule has 1 aliphatic carbocycles. The van der Waals surface area contributed by atoms with Gasteiger partial charge in [-0.2, -0.15) is 5.26 Å². The van der Waals surface area contributed by atoms with Gasteiger partial charge >= 0.3 is 0 Å². The molecular weight excluding hydrogens is 388 g/mol. The third-order valence-electron chi connectivity index (χ3n) is 6.33. The van der Waals surface area contributed by atoms with Crippen molar-refractivity contribution in [1.29, 1.82) is 5.26 Å². The molecule has 1 unspecified atom stereocenters. The zero-order chi connectivity index (χ0) is 21.2. The van der Waals surface area contributed by atoms with Gasteiger partial charge in [-0.1, -0.05) is 18.9 Å². The zero-order valence-electron chi connectivity index (χ0n) is 17.2. The van der Waals surface area contributed by atoms with Gasteiger partial charge in [-0.25, -0.2) is 9.97 Å². The number of benzene rings is 1. The summed E-state index contributed by atoms with van der Waals surface area (Å²) in [5.41, 5.74) is 2.49. The highest BCUT2D eigenvalue weighted by atomic mass is 16.1. The molecule has 0 saturated heterocycles. The molecule has 7 heteroatoms. The van der Waals surface area contributed by atoms with E-state index < -0.39 is 0 Å². The van der Waals surface area contributed by atoms with Crippen LogP contribution in [0.25, 0.3) is 27.8 Å². The fourth-order valence-corrected chi connectivity index (χ4v) is 4.71. The van der Waals surface area contributed by atoms with Crippen LogP contribution in [-0.2, 0) is 6.54 Å². The number of rotatable bonds is 6. The normalized spacial score (nSPS) is 15.5. The molecule has 156 valence electrons. The van der Waals surface area contributed by atoms with Gasteiger partial charge in [-0.15, -0.1) is 0 Å². The number of aromatic nitrogens is 4. The lowest BCUT2D eigenvalue weighted by Gasteiger charge is -2.17. The van der Waals surface area contributed by atoms with Gasteiger partial charge in [0.05, 0.1) is 22.9 Å². The second-order valence-corrected chi connectivity index (χ2v) is 8.25. The fourth-order valence-electron chi connectivity index (χ4n) is 4.71. The van der Waals surface area contributed by atoms with E-state index in [9.17, 15) is 10.1 Å². The summed E-state index contributed by atoms with van der Waals surface area (Å²) in [7, 11) is 0. The van der Waals surface area contributed by atoms with Gasteiger partial charge in [0, 0.05) is 25.4 Å². The fraction of sp³-hybridized carbons (Fsp3) is 0.333. The molecular formula is C24H24N6O. The molecule has 0 radical (unpaired) electrons. The maximum absolute atomic E-state index is 12.7. The molecule has 5 rings (SSSR count). The Bertz CT molecular complexity index is 1330. The van der Waals surface area contributed by atoms with Gasteiger partial charge in [0.25, 0.3) is 5.56 Å². The first kappa shape index (κ1) is 19.5. The summed E-state index contributed by atoms with van der Waals surface area (Å²) in [4.78, 5) is 24.4. The van der Waals surface area contributed by atoms with Crippen LogP contribution in [-0.4, -0.2) is 26.1 Å². The third-order valence-corrected chi connectivity index (χ3v) is 6.33. The highest BCUT2D eigenvalue weighted by Crippen LogP contribution is 2.30. The maximum Gasteiger partial charge on any atom is 0.256 e. The number of aromatic amines is 1. The Morgan fingerprint density at radius 1 is 1.19 bits per heavy atom. The van der Waals surface area contributed by atoms with Crippen LogP contribution in [0.3, 0.4) is 0 Å². The highest BCUT2D eigenvalue weighted by Gasteiger charge is 2.24. The second kappa shape index (κ2) is 8.32. The van der Waals surface area contributed by atoms with Crippen LogP contribution in [0.2, 0.25) is 0 Å². The molecule has 3 heterocycles. The average molecular weight is 412 g/mol. The lowest BCUT2D eigenvalue weighted by atomic mass is 9.92. The number of nitrogens with one attached hydrogen (secondary N) is 2. The first-order valence-electron chi connectivity index (χ1n) is 10.8. The van der Waals surface area contributed by atoms with E-state index in [1.807, 2.05) is 24.3 Å². The number of nitriles is 1. The van der Waals surface area contributed by atoms with E-state index in [1.54, 1.807) is 16.8 Å². The molecule has 1 aliphatic rings. The van der Waals surface area contributed by atoms with E-state index in [2.05, 4.69) is 32.4 Å². The van der Waals surface area contributed by atoms with Gasteiger partial charge in [-0.3, -0.25) is 9.36 Å². The van der Waals surface area contributed by atoms with Crippen molar-refractivity contribution in [2.75, 3.05) is 6.54 Å². The standard InChI is InChI=1S/C24H24N6O/c25-12-19(17-3-1-2-4-17)14-26-13-16-5-7-21-18(11-16)6-8-22(31)30(21)24-20-9-10-27-23(20)28-15-29-24/h5-11,15,17,19,26H,1-4,13-14H2,(H,27,28,29). The van der Waals surface area contributed by atoms with Crippen molar-refractivity contribution < 1.29 is 0 Å². The molecule has 1 aromatic carbocycles. The minimum absolute atomic E-state index is 0.0784. The zero-order valence-corrected chi connectivity index (χ0v) is 17.2. The topological polar surface area (TPSA) is 99.4 Å². The van der Waals surface area contributed by atoms with E-state index in [1.165, 1.54) is 32.0 Å². The van der Waals surface area contributed by atoms with Gasteiger partial charge in [0.2, 0.25) is 0 Å². The summed E-state index contributed by atoms with van der Waals surface area (Å²) >= 11 is 0. The molecule has 1 atom stereocenters. The average Bonchev–Trinajstić information content (AvgIpc) is 3.49. The third kappa shape index (κ3) is 3.71. The number of pyridine rings is 1. The van der Waals surface area contributed by atoms with Crippen molar-refractivity contribution in [3.05, 3.63) is 64.8 Å². The summed E-state index contributed by atoms with van der Waals surface area (Å²) in [6, 6.07) is 13.9. The smallest absolute Gasteiger partial charge is 0.256 e. The Morgan fingerprint density at radius 2 is 2.06 bits per heavy atom. The van der Waals surface area contributed by atoms with Crippen molar-refractivity contribution in [3.63, 3.8) is 0 Å². The second-order valence-electron chi connectivity index (χ2n) is 8.25. The Labute approximate surface area is 179 Å². The van der Waals surface area contributed by atoms with Crippen LogP contribution in [0.1, 0.15) is 31.2 Å². The number of hydrogen-bond donors (Lipinski definition) is 2. The van der Waals surface area contributed by atoms with E-state index in [-0.39, 0.29) is 11.5 Å². The van der Waals surface area contributed by atoms with Crippen LogP contribution in [0.15, 0.2) is 53.7 Å². The van der Waals surface area contributed by atoms with Gasteiger partial charge in [-0.05, 0) is 54.0 Å². The van der Waals surface area contributed by atoms with Crippen molar-refractivity contribution in [2.24, 2.45) is 11.8 Å². The Hall–Kier alpha value is -3.50. The molecule has 3 aromatic heterocycles. The summed E-state index contributed by atoms with van der Waals surface area (Å²) in [6.07, 6.45) is 8.10. The SMILES string of the molecule is N#CC(CNCc1ccc2c(ccc(=O)n2-c2ncnc3[nH]ccc23)c1)C1CCCC1. The molecule has 4 aromatic rings. The molecule has 31 heavy (non-hydrogen) atoms. The summed E-state index contributed by atoms with van der Waals surface area (Å²) in [5.74, 6) is 1.18. The van der Waals surface area contributed by atoms with Gasteiger partial charge in [0.15, 0.2) is 5.82 Å². The van der Waals surface area contributed by atoms with E-state index in [4.69, 9.17) is 0 Å². The number of H-pyrrole nitrogens is 1. The van der Waals surface area contributed by atoms with Crippen molar-refractivity contribution >= 4 is 21.9 Å². The highest BCUT2D eigenvalue weighted by molar-refractivity contribution is 5.87. The van der Waals surface area contributed by atoms with E-state index in [0.29, 0.717) is 30.5 Å². The summed E-state index contributed by atoms with van der Waals surface area (Å²) in [6.45, 7) is 1.40. The van der Waals surface area contributed by atoms with E-state index >= 15 is 0 Å². The van der Waals surface area contributed by atoms with Gasteiger partial charge < -0.3 is 10.3 Å². The molecule has 1 saturated carbocycles. The minimum atomic E-state index is -0.131. The van der Waals surface area contributed by atoms with Crippen LogP contribution in [0.5, 0.6) is 0 Å². The predicted octanol–water partition coefficient (Wildman–Crippen LogP) is 3.68. The number of hydrogen-bond acceptors (Lipinski definition) is 5. The molecule has 0 aliphatic heterocycles. The molecule has 1 fully saturated rings. The van der Waals surface area contributed by atoms with E-state index in [0.717, 1.165) is 21.9 Å². The lowest BCUT2D eigenvalue weighted by molar-refractivity contribution is 0.392. The maximum atomic E-state index is 12.7. The quantitative estimate of drug-likeness (QED) is 0.503. The Morgan fingerprint density at radius 3 is 2.90 bits per heavy atom. The van der Waals surface area contributed by atoms with Gasteiger partial charge in [0.1, 0.15) is 12.0 Å². The first-order chi connectivity index (χ1) is 15.2.